The summed E-state index contributed by atoms with van der Waals surface area (Å²) in [6, 6.07) is 2.74. The number of hydrogen-bond donors (Lipinski definition) is 3. The zero-order chi connectivity index (χ0) is 17.2. The normalized spacial score (nSPS) is 27.2. The Morgan fingerprint density at radius 2 is 2.12 bits per heavy atom. The monoisotopic (exact) mass is 359 g/mol. The van der Waals surface area contributed by atoms with Crippen LogP contribution in [-0.2, 0) is 11.2 Å². The van der Waals surface area contributed by atoms with Crippen molar-refractivity contribution in [2.75, 3.05) is 20.2 Å². The van der Waals surface area contributed by atoms with E-state index in [1.54, 1.807) is 7.11 Å². The van der Waals surface area contributed by atoms with E-state index in [-0.39, 0.29) is 6.10 Å². The van der Waals surface area contributed by atoms with Crippen LogP contribution in [0.1, 0.15) is 30.5 Å². The molecule has 0 bridgehead atoms. The van der Waals surface area contributed by atoms with E-state index in [0.29, 0.717) is 12.0 Å². The first kappa shape index (κ1) is 17.0. The number of nitrogens with one attached hydrogen (secondary N) is 3. The smallest absolute Gasteiger partial charge is 0.0961 e. The van der Waals surface area contributed by atoms with Crippen molar-refractivity contribution in [3.63, 3.8) is 0 Å². The van der Waals surface area contributed by atoms with Crippen molar-refractivity contribution in [2.24, 2.45) is 5.92 Å². The number of rotatable bonds is 4. The van der Waals surface area contributed by atoms with Crippen LogP contribution in [0, 0.1) is 5.92 Å². The van der Waals surface area contributed by atoms with Gasteiger partial charge in [0.05, 0.1) is 17.5 Å². The van der Waals surface area contributed by atoms with Crippen LogP contribution in [0.4, 0.5) is 0 Å². The molecule has 1 aromatic rings. The van der Waals surface area contributed by atoms with Gasteiger partial charge in [0.1, 0.15) is 0 Å². The molecule has 134 valence electrons. The molecule has 3 aliphatic rings. The van der Waals surface area contributed by atoms with Gasteiger partial charge >= 0.3 is 0 Å². The quantitative estimate of drug-likeness (QED) is 0.772. The fraction of sp³-hybridized carbons (Fsp3) is 0.500. The molecule has 0 spiro atoms. The lowest BCUT2D eigenvalue weighted by Gasteiger charge is -2.30. The van der Waals surface area contributed by atoms with Gasteiger partial charge in [0.25, 0.3) is 0 Å². The van der Waals surface area contributed by atoms with E-state index in [1.165, 1.54) is 35.4 Å². The minimum absolute atomic E-state index is 0.00754. The number of fused-ring (bicyclic) bond motifs is 1. The summed E-state index contributed by atoms with van der Waals surface area (Å²) in [5, 5.41) is 8.02. The first-order chi connectivity index (χ1) is 12.2. The highest BCUT2D eigenvalue weighted by molar-refractivity contribution is 6.30. The summed E-state index contributed by atoms with van der Waals surface area (Å²) in [5.41, 5.74) is 5.16. The number of aromatic amines is 1. The Bertz CT molecular complexity index is 712. The second-order valence-corrected chi connectivity index (χ2v) is 7.57. The number of piperidine rings is 1. The molecule has 0 amide bonds. The molecule has 1 saturated heterocycles. The number of hydrogen-bond acceptors (Lipinski definition) is 3. The van der Waals surface area contributed by atoms with Gasteiger partial charge in [-0.15, -0.1) is 0 Å². The van der Waals surface area contributed by atoms with Crippen molar-refractivity contribution in [2.45, 2.75) is 37.8 Å². The SMILES string of the molecule is COC1CC=C(C2C=C(NC3CCNCC3)c3[nH]ccc3C2)C=C1Cl. The second kappa shape index (κ2) is 7.40. The topological polar surface area (TPSA) is 49.1 Å². The van der Waals surface area contributed by atoms with E-state index in [0.717, 1.165) is 31.0 Å². The minimum Gasteiger partial charge on any atom is -0.381 e. The fourth-order valence-electron chi connectivity index (χ4n) is 4.06. The minimum atomic E-state index is 0.00754. The highest BCUT2D eigenvalue weighted by atomic mass is 35.5. The van der Waals surface area contributed by atoms with Gasteiger partial charge in [-0.25, -0.2) is 0 Å². The molecule has 4 nitrogen and oxygen atoms in total. The van der Waals surface area contributed by atoms with E-state index >= 15 is 0 Å². The molecule has 1 aliphatic heterocycles. The van der Waals surface area contributed by atoms with Crippen LogP contribution in [0.15, 0.2) is 41.1 Å². The summed E-state index contributed by atoms with van der Waals surface area (Å²) in [6.07, 6.45) is 13.0. The standard InChI is InChI=1S/C20H26ClN3O/c1-25-19-3-2-13(11-17(19)21)15-10-14-4-9-23-20(14)18(12-15)24-16-5-7-22-8-6-16/h2,4,9,11-12,15-16,19,22-24H,3,5-8,10H2,1H3. The van der Waals surface area contributed by atoms with Crippen LogP contribution >= 0.6 is 11.6 Å². The molecule has 2 heterocycles. The summed E-state index contributed by atoms with van der Waals surface area (Å²) >= 11 is 6.41. The molecular formula is C20H26ClN3O. The molecule has 2 unspecified atom stereocenters. The van der Waals surface area contributed by atoms with E-state index < -0.39 is 0 Å². The molecule has 2 atom stereocenters. The van der Waals surface area contributed by atoms with Crippen LogP contribution in [0.3, 0.4) is 0 Å². The maximum Gasteiger partial charge on any atom is 0.0961 e. The number of allylic oxidation sites excluding steroid dienone is 3. The van der Waals surface area contributed by atoms with Gasteiger partial charge < -0.3 is 20.4 Å². The molecule has 2 aliphatic carbocycles. The van der Waals surface area contributed by atoms with Crippen molar-refractivity contribution in [3.8, 4) is 0 Å². The van der Waals surface area contributed by atoms with Gasteiger partial charge in [0.15, 0.2) is 0 Å². The predicted molar refractivity (Wildman–Crippen MR) is 102 cm³/mol. The zero-order valence-corrected chi connectivity index (χ0v) is 15.4. The van der Waals surface area contributed by atoms with Crippen LogP contribution in [0.2, 0.25) is 0 Å². The lowest BCUT2D eigenvalue weighted by Crippen LogP contribution is -2.39. The summed E-state index contributed by atoms with van der Waals surface area (Å²) in [7, 11) is 1.72. The third-order valence-electron chi connectivity index (χ3n) is 5.50. The van der Waals surface area contributed by atoms with Crippen molar-refractivity contribution < 1.29 is 4.74 Å². The molecule has 3 N–H and O–H groups in total. The predicted octanol–water partition coefficient (Wildman–Crippen LogP) is 3.34. The molecule has 1 fully saturated rings. The van der Waals surface area contributed by atoms with Crippen molar-refractivity contribution in [3.05, 3.63) is 52.4 Å². The third-order valence-corrected chi connectivity index (χ3v) is 5.85. The zero-order valence-electron chi connectivity index (χ0n) is 14.6. The average molecular weight is 360 g/mol. The van der Waals surface area contributed by atoms with Gasteiger partial charge in [0, 0.05) is 30.3 Å². The van der Waals surface area contributed by atoms with Gasteiger partial charge in [-0.2, -0.15) is 0 Å². The first-order valence-corrected chi connectivity index (χ1v) is 9.58. The molecule has 0 radical (unpaired) electrons. The van der Waals surface area contributed by atoms with E-state index in [4.69, 9.17) is 16.3 Å². The van der Waals surface area contributed by atoms with Crippen molar-refractivity contribution in [1.29, 1.82) is 0 Å². The van der Waals surface area contributed by atoms with Crippen LogP contribution in [0.5, 0.6) is 0 Å². The summed E-state index contributed by atoms with van der Waals surface area (Å²) in [5.74, 6) is 0.360. The van der Waals surface area contributed by atoms with Gasteiger partial charge in [-0.3, -0.25) is 0 Å². The fourth-order valence-corrected chi connectivity index (χ4v) is 4.36. The van der Waals surface area contributed by atoms with E-state index in [9.17, 15) is 0 Å². The molecular weight excluding hydrogens is 334 g/mol. The summed E-state index contributed by atoms with van der Waals surface area (Å²) in [4.78, 5) is 3.42. The molecule has 5 heteroatoms. The first-order valence-electron chi connectivity index (χ1n) is 9.20. The molecule has 0 saturated carbocycles. The lowest BCUT2D eigenvalue weighted by atomic mass is 9.83. The van der Waals surface area contributed by atoms with Crippen molar-refractivity contribution >= 4 is 17.3 Å². The largest absolute Gasteiger partial charge is 0.381 e. The van der Waals surface area contributed by atoms with E-state index in [1.807, 2.05) is 6.20 Å². The van der Waals surface area contributed by atoms with Crippen LogP contribution in [0.25, 0.3) is 5.70 Å². The maximum absolute atomic E-state index is 6.41. The number of methoxy groups -OCH3 is 1. The molecule has 25 heavy (non-hydrogen) atoms. The van der Waals surface area contributed by atoms with E-state index in [2.05, 4.69) is 39.9 Å². The Morgan fingerprint density at radius 3 is 2.88 bits per heavy atom. The Balaban J connectivity index is 1.57. The summed E-state index contributed by atoms with van der Waals surface area (Å²) in [6.45, 7) is 2.18. The molecule has 1 aromatic heterocycles. The number of aromatic nitrogens is 1. The Kier molecular flexibility index (Phi) is 5.02. The van der Waals surface area contributed by atoms with Crippen LogP contribution < -0.4 is 10.6 Å². The summed E-state index contributed by atoms with van der Waals surface area (Å²) < 4.78 is 5.42. The van der Waals surface area contributed by atoms with Gasteiger partial charge in [-0.05, 0) is 62.1 Å². The van der Waals surface area contributed by atoms with Gasteiger partial charge in [-0.1, -0.05) is 23.8 Å². The number of H-pyrrole nitrogens is 1. The Labute approximate surface area is 154 Å². The van der Waals surface area contributed by atoms with Gasteiger partial charge in [0.2, 0.25) is 0 Å². The maximum atomic E-state index is 6.41. The number of ether oxygens (including phenoxy) is 1. The highest BCUT2D eigenvalue weighted by Gasteiger charge is 2.26. The van der Waals surface area contributed by atoms with Crippen molar-refractivity contribution in [1.82, 2.24) is 15.6 Å². The average Bonchev–Trinajstić information content (AvgIpc) is 3.11. The van der Waals surface area contributed by atoms with Crippen LogP contribution in [-0.4, -0.2) is 37.3 Å². The second-order valence-electron chi connectivity index (χ2n) is 7.13. The molecule has 4 rings (SSSR count). The number of halogens is 1. The lowest BCUT2D eigenvalue weighted by molar-refractivity contribution is 0.138. The molecule has 0 aromatic carbocycles. The third kappa shape index (κ3) is 3.57. The highest BCUT2D eigenvalue weighted by Crippen LogP contribution is 2.35. The Hall–Kier alpha value is -1.49. The Morgan fingerprint density at radius 1 is 1.28 bits per heavy atom.